The van der Waals surface area contributed by atoms with Crippen molar-refractivity contribution in [2.45, 2.75) is 26.8 Å². The SMILES string of the molecule is CCN(/C=C(/C#N)C(=O)NC(C)c1ccc(OC)c(OC)c1)c1cccc(C)c1. The molecule has 0 bridgehead atoms. The first-order chi connectivity index (χ1) is 13.9. The minimum absolute atomic E-state index is 0.0423. The molecule has 2 aromatic carbocycles. The molecule has 2 rings (SSSR count). The number of anilines is 1. The number of benzene rings is 2. The summed E-state index contributed by atoms with van der Waals surface area (Å²) in [6.07, 6.45) is 1.59. The zero-order valence-electron chi connectivity index (χ0n) is 17.5. The highest BCUT2D eigenvalue weighted by Crippen LogP contribution is 2.30. The van der Waals surface area contributed by atoms with Gasteiger partial charge in [-0.3, -0.25) is 4.79 Å². The predicted octanol–water partition coefficient (Wildman–Crippen LogP) is 4.12. The molecule has 0 aliphatic carbocycles. The Bertz CT molecular complexity index is 931. The molecule has 0 spiro atoms. The Morgan fingerprint density at radius 2 is 1.93 bits per heavy atom. The van der Waals surface area contributed by atoms with Crippen LogP contribution in [0, 0.1) is 18.3 Å². The Morgan fingerprint density at radius 3 is 2.52 bits per heavy atom. The predicted molar refractivity (Wildman–Crippen MR) is 114 cm³/mol. The Kier molecular flexibility index (Phi) is 7.67. The summed E-state index contributed by atoms with van der Waals surface area (Å²) in [6, 6.07) is 15.1. The number of rotatable bonds is 8. The van der Waals surface area contributed by atoms with Gasteiger partial charge in [-0.15, -0.1) is 0 Å². The lowest BCUT2D eigenvalue weighted by Gasteiger charge is -2.20. The first-order valence-electron chi connectivity index (χ1n) is 9.41. The molecule has 152 valence electrons. The van der Waals surface area contributed by atoms with Crippen LogP contribution in [-0.4, -0.2) is 26.7 Å². The molecule has 6 nitrogen and oxygen atoms in total. The average Bonchev–Trinajstić information content (AvgIpc) is 2.73. The molecule has 0 aliphatic heterocycles. The number of hydrogen-bond donors (Lipinski definition) is 1. The van der Waals surface area contributed by atoms with Crippen LogP contribution >= 0.6 is 0 Å². The normalized spacial score (nSPS) is 11.9. The summed E-state index contributed by atoms with van der Waals surface area (Å²) in [5.74, 6) is 0.767. The zero-order chi connectivity index (χ0) is 21.4. The number of amides is 1. The van der Waals surface area contributed by atoms with Crippen LogP contribution in [0.5, 0.6) is 11.5 Å². The van der Waals surface area contributed by atoms with E-state index in [4.69, 9.17) is 9.47 Å². The number of nitrogens with one attached hydrogen (secondary N) is 1. The van der Waals surface area contributed by atoms with Gasteiger partial charge in [0.05, 0.1) is 20.3 Å². The summed E-state index contributed by atoms with van der Waals surface area (Å²) in [5.41, 5.74) is 2.93. The van der Waals surface area contributed by atoms with Gasteiger partial charge in [0.15, 0.2) is 11.5 Å². The van der Waals surface area contributed by atoms with Crippen LogP contribution in [0.2, 0.25) is 0 Å². The maximum absolute atomic E-state index is 12.7. The fourth-order valence-corrected chi connectivity index (χ4v) is 2.93. The summed E-state index contributed by atoms with van der Waals surface area (Å²) in [6.45, 7) is 6.46. The number of carbonyl (C=O) groups excluding carboxylic acids is 1. The highest BCUT2D eigenvalue weighted by Gasteiger charge is 2.17. The van der Waals surface area contributed by atoms with Crippen LogP contribution in [0.4, 0.5) is 5.69 Å². The number of carbonyl (C=O) groups is 1. The molecule has 0 saturated carbocycles. The van der Waals surface area contributed by atoms with E-state index in [1.807, 2.05) is 68.1 Å². The molecule has 1 amide bonds. The minimum atomic E-state index is -0.430. The third-order valence-corrected chi connectivity index (χ3v) is 4.58. The highest BCUT2D eigenvalue weighted by atomic mass is 16.5. The first kappa shape index (κ1) is 21.8. The van der Waals surface area contributed by atoms with E-state index in [0.717, 1.165) is 16.8 Å². The number of methoxy groups -OCH3 is 2. The first-order valence-corrected chi connectivity index (χ1v) is 9.41. The van der Waals surface area contributed by atoms with E-state index < -0.39 is 5.91 Å². The summed E-state index contributed by atoms with van der Waals surface area (Å²) in [5, 5.41) is 12.4. The Hall–Kier alpha value is -3.46. The molecule has 2 aromatic rings. The van der Waals surface area contributed by atoms with Crippen LogP contribution in [0.3, 0.4) is 0 Å². The van der Waals surface area contributed by atoms with Gasteiger partial charge in [0.1, 0.15) is 11.6 Å². The van der Waals surface area contributed by atoms with Gasteiger partial charge in [-0.05, 0) is 56.2 Å². The van der Waals surface area contributed by atoms with Crippen molar-refractivity contribution in [1.29, 1.82) is 5.26 Å². The number of hydrogen-bond acceptors (Lipinski definition) is 5. The van der Waals surface area contributed by atoms with Crippen LogP contribution in [0.15, 0.2) is 54.2 Å². The molecule has 0 saturated heterocycles. The molecular formula is C23H27N3O3. The lowest BCUT2D eigenvalue weighted by molar-refractivity contribution is -0.117. The van der Waals surface area contributed by atoms with Gasteiger partial charge >= 0.3 is 0 Å². The van der Waals surface area contributed by atoms with E-state index in [1.165, 1.54) is 0 Å². The van der Waals surface area contributed by atoms with Gasteiger partial charge in [-0.25, -0.2) is 0 Å². The van der Waals surface area contributed by atoms with Gasteiger partial charge < -0.3 is 19.7 Å². The summed E-state index contributed by atoms with van der Waals surface area (Å²) in [4.78, 5) is 14.6. The molecule has 0 heterocycles. The molecule has 0 radical (unpaired) electrons. The van der Waals surface area contributed by atoms with Crippen molar-refractivity contribution in [2.75, 3.05) is 25.7 Å². The van der Waals surface area contributed by atoms with E-state index in [9.17, 15) is 10.1 Å². The quantitative estimate of drug-likeness (QED) is 0.539. The topological polar surface area (TPSA) is 74.6 Å². The van der Waals surface area contributed by atoms with Crippen molar-refractivity contribution in [2.24, 2.45) is 0 Å². The minimum Gasteiger partial charge on any atom is -0.493 e. The van der Waals surface area contributed by atoms with Crippen molar-refractivity contribution >= 4 is 11.6 Å². The average molecular weight is 393 g/mol. The second kappa shape index (κ2) is 10.2. The van der Waals surface area contributed by atoms with Crippen LogP contribution in [-0.2, 0) is 4.79 Å². The van der Waals surface area contributed by atoms with Crippen LogP contribution in [0.1, 0.15) is 31.0 Å². The van der Waals surface area contributed by atoms with Gasteiger partial charge in [0.2, 0.25) is 0 Å². The fourth-order valence-electron chi connectivity index (χ4n) is 2.93. The van der Waals surface area contributed by atoms with E-state index in [-0.39, 0.29) is 11.6 Å². The maximum atomic E-state index is 12.7. The highest BCUT2D eigenvalue weighted by molar-refractivity contribution is 5.97. The number of nitrogens with zero attached hydrogens (tertiary/aromatic N) is 2. The van der Waals surface area contributed by atoms with Crippen molar-refractivity contribution < 1.29 is 14.3 Å². The molecule has 0 aromatic heterocycles. The van der Waals surface area contributed by atoms with E-state index in [2.05, 4.69) is 5.32 Å². The van der Waals surface area contributed by atoms with Gasteiger partial charge in [0.25, 0.3) is 5.91 Å². The standard InChI is InChI=1S/C23H27N3O3/c1-6-26(20-9-7-8-16(2)12-20)15-19(14-24)23(27)25-17(3)18-10-11-21(28-4)22(13-18)29-5/h7-13,15,17H,6H2,1-5H3,(H,25,27)/b19-15-. The summed E-state index contributed by atoms with van der Waals surface area (Å²) >= 11 is 0. The lowest BCUT2D eigenvalue weighted by Crippen LogP contribution is -2.29. The van der Waals surface area contributed by atoms with Crippen molar-refractivity contribution in [1.82, 2.24) is 5.32 Å². The van der Waals surface area contributed by atoms with Crippen LogP contribution in [0.25, 0.3) is 0 Å². The van der Waals surface area contributed by atoms with Gasteiger partial charge in [-0.1, -0.05) is 18.2 Å². The number of aryl methyl sites for hydroxylation is 1. The molecule has 1 unspecified atom stereocenters. The molecule has 29 heavy (non-hydrogen) atoms. The maximum Gasteiger partial charge on any atom is 0.263 e. The van der Waals surface area contributed by atoms with Crippen molar-refractivity contribution in [3.63, 3.8) is 0 Å². The third-order valence-electron chi connectivity index (χ3n) is 4.58. The molecule has 6 heteroatoms. The van der Waals surface area contributed by atoms with Gasteiger partial charge in [0, 0.05) is 18.4 Å². The van der Waals surface area contributed by atoms with Gasteiger partial charge in [-0.2, -0.15) is 5.26 Å². The van der Waals surface area contributed by atoms with E-state index in [1.54, 1.807) is 26.5 Å². The Labute approximate surface area is 172 Å². The van der Waals surface area contributed by atoms with E-state index in [0.29, 0.717) is 18.0 Å². The second-order valence-electron chi connectivity index (χ2n) is 6.59. The number of ether oxygens (including phenoxy) is 2. The molecule has 1 atom stereocenters. The van der Waals surface area contributed by atoms with Crippen LogP contribution < -0.4 is 19.7 Å². The molecule has 0 aliphatic rings. The summed E-state index contributed by atoms with van der Waals surface area (Å²) < 4.78 is 10.6. The third kappa shape index (κ3) is 5.52. The lowest BCUT2D eigenvalue weighted by atomic mass is 10.1. The van der Waals surface area contributed by atoms with Crippen molar-refractivity contribution in [3.8, 4) is 17.6 Å². The zero-order valence-corrected chi connectivity index (χ0v) is 17.5. The molecule has 0 fully saturated rings. The van der Waals surface area contributed by atoms with Crippen molar-refractivity contribution in [3.05, 3.63) is 65.4 Å². The molecular weight excluding hydrogens is 366 g/mol. The van der Waals surface area contributed by atoms with E-state index >= 15 is 0 Å². The Morgan fingerprint density at radius 1 is 1.21 bits per heavy atom. The Balaban J connectivity index is 2.20. The fraction of sp³-hybridized carbons (Fsp3) is 0.304. The summed E-state index contributed by atoms with van der Waals surface area (Å²) in [7, 11) is 3.13. The smallest absolute Gasteiger partial charge is 0.263 e. The number of nitriles is 1. The monoisotopic (exact) mass is 393 g/mol. The largest absolute Gasteiger partial charge is 0.493 e. The molecule has 1 N–H and O–H groups in total. The second-order valence-corrected chi connectivity index (χ2v) is 6.59.